The quantitative estimate of drug-likeness (QED) is 0.691. The highest BCUT2D eigenvalue weighted by molar-refractivity contribution is 8.22. The largest absolute Gasteiger partial charge is 0.286 e. The van der Waals surface area contributed by atoms with Gasteiger partial charge in [-0.05, 0) is 44.0 Å². The van der Waals surface area contributed by atoms with Crippen molar-refractivity contribution >= 4 is 20.6 Å². The maximum Gasteiger partial charge on any atom is 0.187 e. The molecule has 0 aliphatic rings. The Morgan fingerprint density at radius 2 is 1.48 bits per heavy atom. The molecule has 5 nitrogen and oxygen atoms in total. The second-order valence-electron chi connectivity index (χ2n) is 6.62. The average molecular weight is 384 g/mol. The lowest BCUT2D eigenvalue weighted by molar-refractivity contribution is 0.467. The first-order chi connectivity index (χ1) is 11.4. The molecule has 0 saturated heterocycles. The number of rotatable bonds is 6. The predicted octanol–water partition coefficient (Wildman–Crippen LogP) is 4.34. The molecule has 0 bridgehead atoms. The maximum absolute atomic E-state index is 13.0. The Labute approximate surface area is 151 Å². The molecule has 1 atom stereocenters. The molecule has 0 aliphatic carbocycles. The first-order valence-corrected chi connectivity index (χ1v) is 11.3. The van der Waals surface area contributed by atoms with Crippen LogP contribution in [0.3, 0.4) is 0 Å². The zero-order valence-corrected chi connectivity index (χ0v) is 16.4. The number of nitrogens with one attached hydrogen (secondary N) is 1. The lowest BCUT2D eigenvalue weighted by Crippen LogP contribution is -2.29. The molecule has 0 fully saturated rings. The van der Waals surface area contributed by atoms with Crippen LogP contribution in [0.1, 0.15) is 37.9 Å². The van der Waals surface area contributed by atoms with E-state index in [9.17, 15) is 17.5 Å². The SMILES string of the molecule is CC(NS(C)(O)O)c1ccc(C(C)(C)S(=O)(=O)c2ccccc2)cc1. The third-order valence-electron chi connectivity index (χ3n) is 4.23. The first kappa shape index (κ1) is 19.9. The van der Waals surface area contributed by atoms with E-state index >= 15 is 0 Å². The molecule has 0 aromatic heterocycles. The first-order valence-electron chi connectivity index (χ1n) is 7.86. The van der Waals surface area contributed by atoms with Crippen molar-refractivity contribution in [2.24, 2.45) is 0 Å². The van der Waals surface area contributed by atoms with Crippen molar-refractivity contribution in [1.29, 1.82) is 0 Å². The molecule has 25 heavy (non-hydrogen) atoms. The monoisotopic (exact) mass is 383 g/mol. The fourth-order valence-corrected chi connectivity index (χ4v) is 4.98. The van der Waals surface area contributed by atoms with E-state index in [0.29, 0.717) is 10.5 Å². The van der Waals surface area contributed by atoms with Gasteiger partial charge in [-0.15, -0.1) is 10.8 Å². The van der Waals surface area contributed by atoms with E-state index in [2.05, 4.69) is 4.72 Å². The van der Waals surface area contributed by atoms with E-state index in [4.69, 9.17) is 0 Å². The summed E-state index contributed by atoms with van der Waals surface area (Å²) in [5.74, 6) is 0. The lowest BCUT2D eigenvalue weighted by Gasteiger charge is -2.32. The zero-order valence-electron chi connectivity index (χ0n) is 14.8. The van der Waals surface area contributed by atoms with Crippen molar-refractivity contribution in [3.63, 3.8) is 0 Å². The molecule has 2 aromatic rings. The smallest absolute Gasteiger partial charge is 0.187 e. The predicted molar refractivity (Wildman–Crippen MR) is 103 cm³/mol. The van der Waals surface area contributed by atoms with Crippen molar-refractivity contribution in [3.05, 3.63) is 65.7 Å². The third kappa shape index (κ3) is 4.43. The molecule has 0 amide bonds. The Kier molecular flexibility index (Phi) is 5.65. The van der Waals surface area contributed by atoms with Gasteiger partial charge in [0.1, 0.15) is 0 Å². The van der Waals surface area contributed by atoms with E-state index in [0.717, 1.165) is 5.56 Å². The van der Waals surface area contributed by atoms with Gasteiger partial charge < -0.3 is 0 Å². The summed E-state index contributed by atoms with van der Waals surface area (Å²) in [6, 6.07) is 15.3. The van der Waals surface area contributed by atoms with Crippen LogP contribution in [0.4, 0.5) is 0 Å². The van der Waals surface area contributed by atoms with E-state index in [-0.39, 0.29) is 6.04 Å². The molecule has 138 valence electrons. The van der Waals surface area contributed by atoms with E-state index in [1.807, 2.05) is 6.92 Å². The van der Waals surface area contributed by atoms with E-state index in [1.54, 1.807) is 68.4 Å². The number of hydrogen-bond acceptors (Lipinski definition) is 5. The molecule has 1 unspecified atom stereocenters. The van der Waals surface area contributed by atoms with Crippen molar-refractivity contribution in [2.75, 3.05) is 6.26 Å². The molecular formula is C18H25NO4S2. The summed E-state index contributed by atoms with van der Waals surface area (Å²) in [4.78, 5) is 0.291. The minimum Gasteiger partial charge on any atom is -0.286 e. The number of sulfone groups is 1. The van der Waals surface area contributed by atoms with Crippen LogP contribution in [-0.2, 0) is 14.6 Å². The molecule has 0 spiro atoms. The molecular weight excluding hydrogens is 358 g/mol. The number of hydrogen-bond donors (Lipinski definition) is 3. The normalized spacial score (nSPS) is 15.0. The minimum atomic E-state index is -3.54. The fraction of sp³-hybridized carbons (Fsp3) is 0.333. The van der Waals surface area contributed by atoms with Crippen LogP contribution in [-0.4, -0.2) is 23.8 Å². The molecule has 0 heterocycles. The van der Waals surface area contributed by atoms with Gasteiger partial charge >= 0.3 is 0 Å². The van der Waals surface area contributed by atoms with Gasteiger partial charge in [-0.2, -0.15) is 0 Å². The summed E-state index contributed by atoms with van der Waals surface area (Å²) in [6.07, 6.45) is 1.33. The van der Waals surface area contributed by atoms with Gasteiger partial charge in [0.25, 0.3) is 0 Å². The van der Waals surface area contributed by atoms with E-state index < -0.39 is 25.4 Å². The topological polar surface area (TPSA) is 86.6 Å². The second kappa shape index (κ2) is 7.09. The van der Waals surface area contributed by atoms with Crippen LogP contribution in [0, 0.1) is 0 Å². The average Bonchev–Trinajstić information content (AvgIpc) is 2.54. The molecule has 2 rings (SSSR count). The highest BCUT2D eigenvalue weighted by Gasteiger charge is 2.37. The Morgan fingerprint density at radius 3 is 1.96 bits per heavy atom. The van der Waals surface area contributed by atoms with Crippen molar-refractivity contribution in [1.82, 2.24) is 4.72 Å². The van der Waals surface area contributed by atoms with Gasteiger partial charge in [0.2, 0.25) is 0 Å². The van der Waals surface area contributed by atoms with Crippen molar-refractivity contribution in [3.8, 4) is 0 Å². The summed E-state index contributed by atoms with van der Waals surface area (Å²) in [6.45, 7) is 5.20. The van der Waals surface area contributed by atoms with Crippen LogP contribution >= 0.6 is 10.8 Å². The van der Waals surface area contributed by atoms with Gasteiger partial charge in [-0.1, -0.05) is 42.5 Å². The Hall–Kier alpha value is -1.38. The molecule has 0 aliphatic heterocycles. The second-order valence-corrected chi connectivity index (χ2v) is 11.0. The molecule has 0 radical (unpaired) electrons. The maximum atomic E-state index is 13.0. The third-order valence-corrected chi connectivity index (χ3v) is 7.50. The minimum absolute atomic E-state index is 0.266. The van der Waals surface area contributed by atoms with E-state index in [1.165, 1.54) is 6.26 Å². The number of benzene rings is 2. The van der Waals surface area contributed by atoms with Crippen molar-refractivity contribution in [2.45, 2.75) is 36.5 Å². The van der Waals surface area contributed by atoms with Gasteiger partial charge in [0.05, 0.1) is 9.64 Å². The summed E-state index contributed by atoms with van der Waals surface area (Å²) >= 11 is 0. The highest BCUT2D eigenvalue weighted by Crippen LogP contribution is 2.36. The Bertz CT molecular complexity index is 810. The standard InChI is InChI=1S/C18H25NO4S2/c1-14(19-24(4,20)21)15-10-12-16(13-11-15)18(2,3)25(22,23)17-8-6-5-7-9-17/h5-14,19-21H,1-4H3. The lowest BCUT2D eigenvalue weighted by atomic mass is 9.99. The molecule has 2 aromatic carbocycles. The molecule has 7 heteroatoms. The summed E-state index contributed by atoms with van der Waals surface area (Å²) in [5.41, 5.74) is 1.52. The highest BCUT2D eigenvalue weighted by atomic mass is 32.3. The van der Waals surface area contributed by atoms with Crippen LogP contribution in [0.25, 0.3) is 0 Å². The van der Waals surface area contributed by atoms with Crippen LogP contribution < -0.4 is 4.72 Å². The summed E-state index contributed by atoms with van der Waals surface area (Å²) < 4.78 is 46.6. The Morgan fingerprint density at radius 1 is 0.960 bits per heavy atom. The molecule has 3 N–H and O–H groups in total. The van der Waals surface area contributed by atoms with Crippen LogP contribution in [0.5, 0.6) is 0 Å². The summed E-state index contributed by atoms with van der Waals surface area (Å²) in [5, 5.41) is 0. The van der Waals surface area contributed by atoms with Gasteiger partial charge in [0, 0.05) is 12.3 Å². The van der Waals surface area contributed by atoms with Gasteiger partial charge in [-0.25, -0.2) is 13.1 Å². The summed E-state index contributed by atoms with van der Waals surface area (Å²) in [7, 11) is -6.36. The van der Waals surface area contributed by atoms with Crippen LogP contribution in [0.2, 0.25) is 0 Å². The Balaban J connectivity index is 2.32. The molecule has 0 saturated carbocycles. The van der Waals surface area contributed by atoms with Gasteiger partial charge in [-0.3, -0.25) is 9.11 Å². The zero-order chi connectivity index (χ0) is 18.9. The fourth-order valence-electron chi connectivity index (χ4n) is 2.63. The van der Waals surface area contributed by atoms with Gasteiger partial charge in [0.15, 0.2) is 9.84 Å². The van der Waals surface area contributed by atoms with Crippen molar-refractivity contribution < 1.29 is 17.5 Å². The van der Waals surface area contributed by atoms with Crippen LogP contribution in [0.15, 0.2) is 59.5 Å².